The Kier molecular flexibility index (Phi) is 4.04. The van der Waals surface area contributed by atoms with E-state index in [9.17, 15) is 4.79 Å². The van der Waals surface area contributed by atoms with Crippen LogP contribution >= 0.6 is 0 Å². The monoisotopic (exact) mass is 251 g/mol. The maximum atomic E-state index is 11.9. The molecule has 2 N–H and O–H groups in total. The topological polar surface area (TPSA) is 70.8 Å². The molecular weight excluding hydrogens is 234 g/mol. The highest BCUT2D eigenvalue weighted by Gasteiger charge is 2.20. The molecule has 1 aromatic carbocycles. The van der Waals surface area contributed by atoms with Gasteiger partial charge in [-0.1, -0.05) is 0 Å². The Balaban J connectivity index is 2.00. The molecule has 0 saturated carbocycles. The second-order valence-corrected chi connectivity index (χ2v) is 4.29. The summed E-state index contributed by atoms with van der Waals surface area (Å²) in [5, 5.41) is 0. The summed E-state index contributed by atoms with van der Waals surface area (Å²) in [4.78, 5) is 11.9. The summed E-state index contributed by atoms with van der Waals surface area (Å²) >= 11 is 0. The molecule has 5 heteroatoms. The lowest BCUT2D eigenvalue weighted by molar-refractivity contribution is 0.0425. The molecule has 1 heterocycles. The van der Waals surface area contributed by atoms with Crippen LogP contribution in [0.15, 0.2) is 18.2 Å². The number of nitrogen functional groups attached to an aromatic ring is 1. The van der Waals surface area contributed by atoms with Gasteiger partial charge in [-0.25, -0.2) is 4.79 Å². The summed E-state index contributed by atoms with van der Waals surface area (Å²) in [6, 6.07) is 4.90. The van der Waals surface area contributed by atoms with E-state index in [1.54, 1.807) is 18.2 Å². The average molecular weight is 251 g/mol. The third-order valence-corrected chi connectivity index (χ3v) is 2.92. The Hall–Kier alpha value is -1.75. The lowest BCUT2D eigenvalue weighted by Gasteiger charge is -2.11. The molecule has 5 nitrogen and oxygen atoms in total. The van der Waals surface area contributed by atoms with Crippen LogP contribution in [0.5, 0.6) is 5.75 Å². The molecule has 2 rings (SSSR count). The molecule has 1 unspecified atom stereocenters. The van der Waals surface area contributed by atoms with Crippen molar-refractivity contribution in [1.82, 2.24) is 0 Å². The lowest BCUT2D eigenvalue weighted by atomic mass is 10.1. The van der Waals surface area contributed by atoms with Crippen molar-refractivity contribution in [3.63, 3.8) is 0 Å². The van der Waals surface area contributed by atoms with Gasteiger partial charge in [0.2, 0.25) is 0 Å². The Morgan fingerprint density at radius 3 is 3.06 bits per heavy atom. The van der Waals surface area contributed by atoms with Crippen LogP contribution < -0.4 is 10.5 Å². The van der Waals surface area contributed by atoms with Crippen LogP contribution in [0.1, 0.15) is 16.8 Å². The lowest BCUT2D eigenvalue weighted by Crippen LogP contribution is -2.15. The highest BCUT2D eigenvalue weighted by molar-refractivity contribution is 5.93. The van der Waals surface area contributed by atoms with Gasteiger partial charge < -0.3 is 19.9 Å². The fourth-order valence-electron chi connectivity index (χ4n) is 1.87. The first-order chi connectivity index (χ1) is 8.70. The molecular formula is C13H17NO4. The molecule has 1 aliphatic rings. The van der Waals surface area contributed by atoms with E-state index < -0.39 is 5.97 Å². The number of nitrogens with two attached hydrogens (primary N) is 1. The Morgan fingerprint density at radius 2 is 2.39 bits per heavy atom. The van der Waals surface area contributed by atoms with Crippen molar-refractivity contribution in [1.29, 1.82) is 0 Å². The summed E-state index contributed by atoms with van der Waals surface area (Å²) in [7, 11) is 1.51. The van der Waals surface area contributed by atoms with E-state index in [2.05, 4.69) is 0 Å². The average Bonchev–Trinajstić information content (AvgIpc) is 2.89. The first kappa shape index (κ1) is 12.7. The van der Waals surface area contributed by atoms with Crippen molar-refractivity contribution in [3.8, 4) is 5.75 Å². The minimum absolute atomic E-state index is 0.293. The highest BCUT2D eigenvalue weighted by Crippen LogP contribution is 2.22. The minimum Gasteiger partial charge on any atom is -0.496 e. The zero-order chi connectivity index (χ0) is 13.0. The fraction of sp³-hybridized carbons (Fsp3) is 0.462. The van der Waals surface area contributed by atoms with Gasteiger partial charge in [-0.2, -0.15) is 0 Å². The van der Waals surface area contributed by atoms with Gasteiger partial charge in [0.15, 0.2) is 0 Å². The molecule has 1 saturated heterocycles. The van der Waals surface area contributed by atoms with E-state index in [-0.39, 0.29) is 0 Å². The third-order valence-electron chi connectivity index (χ3n) is 2.92. The molecule has 98 valence electrons. The van der Waals surface area contributed by atoms with Gasteiger partial charge in [-0.15, -0.1) is 0 Å². The van der Waals surface area contributed by atoms with Crippen LogP contribution in [0.4, 0.5) is 5.69 Å². The zero-order valence-electron chi connectivity index (χ0n) is 10.3. The number of anilines is 1. The van der Waals surface area contributed by atoms with E-state index in [4.69, 9.17) is 19.9 Å². The molecule has 0 aromatic heterocycles. The molecule has 0 radical (unpaired) electrons. The van der Waals surface area contributed by atoms with Crippen molar-refractivity contribution < 1.29 is 19.0 Å². The van der Waals surface area contributed by atoms with Crippen LogP contribution in [-0.4, -0.2) is 32.9 Å². The number of hydrogen-bond donors (Lipinski definition) is 1. The number of ether oxygens (including phenoxy) is 3. The van der Waals surface area contributed by atoms with Gasteiger partial charge in [0.1, 0.15) is 11.3 Å². The maximum Gasteiger partial charge on any atom is 0.342 e. The Bertz CT molecular complexity index is 427. The van der Waals surface area contributed by atoms with Crippen molar-refractivity contribution in [2.75, 3.05) is 32.7 Å². The number of esters is 1. The molecule has 1 atom stereocenters. The first-order valence-corrected chi connectivity index (χ1v) is 5.89. The van der Waals surface area contributed by atoms with E-state index in [0.717, 1.165) is 13.0 Å². The molecule has 1 fully saturated rings. The van der Waals surface area contributed by atoms with Crippen molar-refractivity contribution in [2.45, 2.75) is 6.42 Å². The molecule has 0 bridgehead atoms. The molecule has 18 heavy (non-hydrogen) atoms. The van der Waals surface area contributed by atoms with E-state index in [1.165, 1.54) is 7.11 Å². The van der Waals surface area contributed by atoms with Gasteiger partial charge >= 0.3 is 5.97 Å². The van der Waals surface area contributed by atoms with Gasteiger partial charge in [-0.3, -0.25) is 0 Å². The summed E-state index contributed by atoms with van der Waals surface area (Å²) in [5.74, 6) is 0.351. The fourth-order valence-corrected chi connectivity index (χ4v) is 1.87. The third kappa shape index (κ3) is 2.92. The van der Waals surface area contributed by atoms with Gasteiger partial charge in [0.25, 0.3) is 0 Å². The van der Waals surface area contributed by atoms with Crippen molar-refractivity contribution >= 4 is 11.7 Å². The summed E-state index contributed by atoms with van der Waals surface area (Å²) in [6.45, 7) is 1.77. The van der Waals surface area contributed by atoms with Crippen molar-refractivity contribution in [3.05, 3.63) is 23.8 Å². The largest absolute Gasteiger partial charge is 0.496 e. The second kappa shape index (κ2) is 5.73. The van der Waals surface area contributed by atoms with Crippen LogP contribution in [0.25, 0.3) is 0 Å². The van der Waals surface area contributed by atoms with Gasteiger partial charge in [-0.05, 0) is 24.6 Å². The normalized spacial score (nSPS) is 18.6. The summed E-state index contributed by atoms with van der Waals surface area (Å²) in [5.41, 5.74) is 6.52. The quantitative estimate of drug-likeness (QED) is 0.648. The summed E-state index contributed by atoms with van der Waals surface area (Å²) in [6.07, 6.45) is 0.932. The number of carbonyl (C=O) groups is 1. The second-order valence-electron chi connectivity index (χ2n) is 4.29. The van der Waals surface area contributed by atoms with Crippen LogP contribution in [0.2, 0.25) is 0 Å². The predicted molar refractivity (Wildman–Crippen MR) is 66.6 cm³/mol. The van der Waals surface area contributed by atoms with E-state index in [1.807, 2.05) is 0 Å². The Morgan fingerprint density at radius 1 is 1.56 bits per heavy atom. The number of rotatable bonds is 4. The first-order valence-electron chi connectivity index (χ1n) is 5.89. The molecule has 0 spiro atoms. The van der Waals surface area contributed by atoms with E-state index >= 15 is 0 Å². The van der Waals surface area contributed by atoms with Crippen LogP contribution in [-0.2, 0) is 9.47 Å². The zero-order valence-corrected chi connectivity index (χ0v) is 10.3. The number of carbonyl (C=O) groups excluding carboxylic acids is 1. The number of methoxy groups -OCH3 is 1. The molecule has 1 aliphatic heterocycles. The van der Waals surface area contributed by atoms with Gasteiger partial charge in [0.05, 0.1) is 20.3 Å². The van der Waals surface area contributed by atoms with Crippen LogP contribution in [0, 0.1) is 5.92 Å². The predicted octanol–water partition coefficient (Wildman–Crippen LogP) is 1.47. The number of benzene rings is 1. The SMILES string of the molecule is COc1ccc(N)cc1C(=O)OCC1CCOC1. The molecule has 1 aromatic rings. The van der Waals surface area contributed by atoms with Crippen LogP contribution in [0.3, 0.4) is 0 Å². The minimum atomic E-state index is -0.411. The maximum absolute atomic E-state index is 11.9. The molecule has 0 aliphatic carbocycles. The smallest absolute Gasteiger partial charge is 0.342 e. The standard InChI is InChI=1S/C13H17NO4/c1-16-12-3-2-10(14)6-11(12)13(15)18-8-9-4-5-17-7-9/h2-3,6,9H,4-5,7-8,14H2,1H3. The highest BCUT2D eigenvalue weighted by atomic mass is 16.5. The van der Waals surface area contributed by atoms with E-state index in [0.29, 0.717) is 36.1 Å². The molecule has 0 amide bonds. The van der Waals surface area contributed by atoms with Gasteiger partial charge in [0, 0.05) is 18.2 Å². The van der Waals surface area contributed by atoms with Crippen molar-refractivity contribution in [2.24, 2.45) is 5.92 Å². The summed E-state index contributed by atoms with van der Waals surface area (Å²) < 4.78 is 15.6. The number of hydrogen-bond acceptors (Lipinski definition) is 5. The Labute approximate surface area is 106 Å².